The van der Waals surface area contributed by atoms with E-state index in [0.29, 0.717) is 5.84 Å². The van der Waals surface area contributed by atoms with Gasteiger partial charge in [0.05, 0.1) is 5.84 Å². The van der Waals surface area contributed by atoms with Gasteiger partial charge < -0.3 is 5.73 Å². The first kappa shape index (κ1) is 50.6. The molecule has 2 heteroatoms. The summed E-state index contributed by atoms with van der Waals surface area (Å²) in [6.45, 7) is 22.2. The van der Waals surface area contributed by atoms with Crippen molar-refractivity contribution in [2.24, 2.45) is 29.4 Å². The maximum absolute atomic E-state index is 7.19. The maximum Gasteiger partial charge on any atom is 0.0905 e. The van der Waals surface area contributed by atoms with Crippen LogP contribution in [0.2, 0.25) is 0 Å². The van der Waals surface area contributed by atoms with Gasteiger partial charge in [-0.2, -0.15) is 0 Å². The summed E-state index contributed by atoms with van der Waals surface area (Å²) in [5.74, 6) is 3.86. The fourth-order valence-corrected chi connectivity index (χ4v) is 6.23. The second-order valence-corrected chi connectivity index (χ2v) is 16.0. The van der Waals surface area contributed by atoms with Gasteiger partial charge in [0.2, 0.25) is 0 Å². The number of rotatable bonds is 33. The molecule has 2 nitrogen and oxygen atoms in total. The van der Waals surface area contributed by atoms with Crippen molar-refractivity contribution in [2.45, 2.75) is 248 Å². The van der Waals surface area contributed by atoms with E-state index >= 15 is 0 Å². The minimum absolute atomic E-state index is 0.350. The van der Waals surface area contributed by atoms with Crippen LogP contribution in [0.3, 0.4) is 0 Å². The van der Waals surface area contributed by atoms with Gasteiger partial charge in [0.15, 0.2) is 0 Å². The average molecular weight is 663 g/mol. The van der Waals surface area contributed by atoms with E-state index < -0.39 is 0 Å². The molecule has 47 heavy (non-hydrogen) atoms. The Balaban J connectivity index is -0.000000755. The number of hydrogen-bond acceptors (Lipinski definition) is 1. The van der Waals surface area contributed by atoms with Crippen LogP contribution in [0, 0.1) is 29.1 Å². The first-order valence-electron chi connectivity index (χ1n) is 21.6. The SMILES string of the molecule is C=CCCC(C)CCCCCC.CC(C)CC(C)C(C)C.CCCCCCCCCCCCCCCCCCCCCCCC(=N)N. The summed E-state index contributed by atoms with van der Waals surface area (Å²) in [5, 5.41) is 7.19. The number of nitrogens with two attached hydrogens (primary N) is 1. The highest BCUT2D eigenvalue weighted by atomic mass is 14.7. The summed E-state index contributed by atoms with van der Waals surface area (Å²) in [7, 11) is 0. The predicted molar refractivity (Wildman–Crippen MR) is 220 cm³/mol. The molecule has 0 aliphatic carbocycles. The third-order valence-electron chi connectivity index (χ3n) is 9.94. The Morgan fingerprint density at radius 3 is 1.15 bits per heavy atom. The summed E-state index contributed by atoms with van der Waals surface area (Å²) in [5.41, 5.74) is 5.36. The van der Waals surface area contributed by atoms with E-state index in [1.807, 2.05) is 6.08 Å². The molecule has 0 aromatic heterocycles. The molecule has 3 N–H and O–H groups in total. The van der Waals surface area contributed by atoms with Crippen LogP contribution in [0.25, 0.3) is 0 Å². The fraction of sp³-hybridized carbons (Fsp3) is 0.933. The standard InChI is InChI=1S/C24H50N2.C12H24.C9H20/c1-2-3-4-5-6-7-8-9-10-11-12-13-14-15-16-17-18-19-20-21-22-23-24(25)26;1-4-6-8-9-11-12(3)10-7-5-2;1-7(2)6-9(5)8(3)4/h2-23H2,1H3,(H3,25,26);5,12H,2,4,6-11H2,1,3H3;7-9H,6H2,1-5H3. The van der Waals surface area contributed by atoms with Gasteiger partial charge >= 0.3 is 0 Å². The van der Waals surface area contributed by atoms with Crippen LogP contribution < -0.4 is 5.73 Å². The van der Waals surface area contributed by atoms with E-state index in [0.717, 1.165) is 36.5 Å². The number of unbranched alkanes of at least 4 members (excludes halogenated alkanes) is 23. The topological polar surface area (TPSA) is 49.9 Å². The van der Waals surface area contributed by atoms with Crippen LogP contribution in [-0.4, -0.2) is 5.84 Å². The van der Waals surface area contributed by atoms with E-state index in [2.05, 4.69) is 62.0 Å². The Hall–Kier alpha value is -0.790. The number of hydrogen-bond donors (Lipinski definition) is 2. The average Bonchev–Trinajstić information content (AvgIpc) is 3.03. The first-order valence-corrected chi connectivity index (χ1v) is 21.6. The molecule has 0 aliphatic rings. The van der Waals surface area contributed by atoms with Gasteiger partial charge in [-0.15, -0.1) is 6.58 Å². The van der Waals surface area contributed by atoms with Crippen molar-refractivity contribution >= 4 is 5.84 Å². The van der Waals surface area contributed by atoms with Crippen LogP contribution in [-0.2, 0) is 0 Å². The zero-order valence-electron chi connectivity index (χ0n) is 34.4. The number of nitrogens with one attached hydrogen (secondary N) is 1. The largest absolute Gasteiger partial charge is 0.388 e. The van der Waals surface area contributed by atoms with Gasteiger partial charge in [-0.25, -0.2) is 0 Å². The molecule has 0 saturated carbocycles. The van der Waals surface area contributed by atoms with Gasteiger partial charge in [0.25, 0.3) is 0 Å². The van der Waals surface area contributed by atoms with Crippen molar-refractivity contribution in [1.29, 1.82) is 5.41 Å². The Morgan fingerprint density at radius 2 is 0.872 bits per heavy atom. The molecule has 0 aromatic carbocycles. The highest BCUT2D eigenvalue weighted by Crippen LogP contribution is 2.19. The summed E-state index contributed by atoms with van der Waals surface area (Å²) >= 11 is 0. The number of amidine groups is 1. The monoisotopic (exact) mass is 663 g/mol. The third-order valence-corrected chi connectivity index (χ3v) is 9.94. The Labute approximate surface area is 300 Å². The van der Waals surface area contributed by atoms with Crippen molar-refractivity contribution in [3.05, 3.63) is 12.7 Å². The van der Waals surface area contributed by atoms with Crippen LogP contribution in [0.5, 0.6) is 0 Å². The molecule has 0 aliphatic heterocycles. The summed E-state index contributed by atoms with van der Waals surface area (Å²) in [6, 6.07) is 0. The first-order chi connectivity index (χ1) is 22.6. The lowest BCUT2D eigenvalue weighted by atomic mass is 9.90. The Bertz CT molecular complexity index is 581. The molecule has 0 spiro atoms. The van der Waals surface area contributed by atoms with E-state index in [9.17, 15) is 0 Å². The molecule has 0 rings (SSSR count). The van der Waals surface area contributed by atoms with E-state index in [1.165, 1.54) is 180 Å². The van der Waals surface area contributed by atoms with Crippen LogP contribution in [0.4, 0.5) is 0 Å². The molecule has 284 valence electrons. The highest BCUT2D eigenvalue weighted by molar-refractivity contribution is 5.76. The lowest BCUT2D eigenvalue weighted by Crippen LogP contribution is -2.08. The predicted octanol–water partition coefficient (Wildman–Crippen LogP) is 16.4. The summed E-state index contributed by atoms with van der Waals surface area (Å²) in [6.07, 6.45) is 43.4. The summed E-state index contributed by atoms with van der Waals surface area (Å²) in [4.78, 5) is 0. The van der Waals surface area contributed by atoms with Crippen LogP contribution in [0.1, 0.15) is 248 Å². The molecule has 0 radical (unpaired) electrons. The lowest BCUT2D eigenvalue weighted by molar-refractivity contribution is 0.344. The minimum Gasteiger partial charge on any atom is -0.388 e. The van der Waals surface area contributed by atoms with Crippen molar-refractivity contribution in [3.63, 3.8) is 0 Å². The smallest absolute Gasteiger partial charge is 0.0905 e. The zero-order chi connectivity index (χ0) is 35.8. The molecular weight excluding hydrogens is 569 g/mol. The fourth-order valence-electron chi connectivity index (χ4n) is 6.23. The minimum atomic E-state index is 0.350. The summed E-state index contributed by atoms with van der Waals surface area (Å²) < 4.78 is 0. The van der Waals surface area contributed by atoms with Crippen LogP contribution >= 0.6 is 0 Å². The van der Waals surface area contributed by atoms with E-state index in [4.69, 9.17) is 11.1 Å². The molecule has 2 unspecified atom stereocenters. The van der Waals surface area contributed by atoms with Crippen molar-refractivity contribution in [1.82, 2.24) is 0 Å². The molecule has 0 saturated heterocycles. The Kier molecular flexibility index (Phi) is 46.5. The Morgan fingerprint density at radius 1 is 0.532 bits per heavy atom. The van der Waals surface area contributed by atoms with Gasteiger partial charge in [0, 0.05) is 6.42 Å². The second kappa shape index (κ2) is 43.2. The van der Waals surface area contributed by atoms with E-state index in [-0.39, 0.29) is 0 Å². The lowest BCUT2D eigenvalue weighted by Gasteiger charge is -2.16. The van der Waals surface area contributed by atoms with Crippen molar-refractivity contribution < 1.29 is 0 Å². The van der Waals surface area contributed by atoms with Gasteiger partial charge in [-0.3, -0.25) is 5.41 Å². The molecule has 0 bridgehead atoms. The van der Waals surface area contributed by atoms with Crippen molar-refractivity contribution in [3.8, 4) is 0 Å². The van der Waals surface area contributed by atoms with E-state index in [1.54, 1.807) is 0 Å². The highest BCUT2D eigenvalue weighted by Gasteiger charge is 2.08. The third kappa shape index (κ3) is 52.2. The number of allylic oxidation sites excluding steroid dienone is 1. The van der Waals surface area contributed by atoms with Crippen molar-refractivity contribution in [2.75, 3.05) is 0 Å². The van der Waals surface area contributed by atoms with Gasteiger partial charge in [-0.1, -0.05) is 222 Å². The molecule has 0 fully saturated rings. The molecule has 2 atom stereocenters. The van der Waals surface area contributed by atoms with Gasteiger partial charge in [-0.05, 0) is 49.4 Å². The quantitative estimate of drug-likeness (QED) is 0.0312. The molecule has 0 amide bonds. The van der Waals surface area contributed by atoms with Crippen LogP contribution in [0.15, 0.2) is 12.7 Å². The normalized spacial score (nSPS) is 12.3. The maximum atomic E-state index is 7.19. The van der Waals surface area contributed by atoms with Gasteiger partial charge in [0.1, 0.15) is 0 Å². The zero-order valence-corrected chi connectivity index (χ0v) is 34.4. The second-order valence-electron chi connectivity index (χ2n) is 16.0. The molecular formula is C45H94N2. The molecule has 0 heterocycles. The molecule has 0 aromatic rings.